The number of anilines is 1. The maximum atomic E-state index is 14.2. The standard InChI is InChI=1S/C21H19FN6O3/c1-30-10-8-20(29)24-19-6-9-23-21(25-19)17-12-18(16-7-11-31-27-16)28(26-17)13-14-4-2-3-5-15(14)22/h2-7,9,11-12H,8,10,13H2,1H3,(H,23,24,25,29). The van der Waals surface area contributed by atoms with Gasteiger partial charge >= 0.3 is 0 Å². The molecule has 9 nitrogen and oxygen atoms in total. The summed E-state index contributed by atoms with van der Waals surface area (Å²) in [5.74, 6) is 0.0989. The Bertz CT molecular complexity index is 1180. The van der Waals surface area contributed by atoms with E-state index in [0.29, 0.717) is 40.9 Å². The van der Waals surface area contributed by atoms with E-state index in [1.54, 1.807) is 41.1 Å². The van der Waals surface area contributed by atoms with Crippen molar-refractivity contribution in [2.75, 3.05) is 19.0 Å². The summed E-state index contributed by atoms with van der Waals surface area (Å²) in [4.78, 5) is 20.6. The minimum absolute atomic E-state index is 0.183. The molecule has 1 N–H and O–H groups in total. The number of hydrogen-bond donors (Lipinski definition) is 1. The summed E-state index contributed by atoms with van der Waals surface area (Å²) in [6, 6.07) is 11.5. The molecule has 0 aliphatic heterocycles. The lowest BCUT2D eigenvalue weighted by Gasteiger charge is -2.06. The molecule has 4 aromatic rings. The number of carbonyl (C=O) groups excluding carboxylic acids is 1. The fraction of sp³-hybridized carbons (Fsp3) is 0.190. The van der Waals surface area contributed by atoms with Crippen LogP contribution in [0.25, 0.3) is 22.9 Å². The molecule has 4 rings (SSSR count). The average Bonchev–Trinajstić information content (AvgIpc) is 3.44. The highest BCUT2D eigenvalue weighted by atomic mass is 19.1. The number of benzene rings is 1. The van der Waals surface area contributed by atoms with Crippen molar-refractivity contribution in [3.63, 3.8) is 0 Å². The van der Waals surface area contributed by atoms with E-state index in [0.717, 1.165) is 0 Å². The van der Waals surface area contributed by atoms with Crippen molar-refractivity contribution in [3.05, 3.63) is 66.3 Å². The molecule has 10 heteroatoms. The molecule has 0 spiro atoms. The highest BCUT2D eigenvalue weighted by molar-refractivity contribution is 5.89. The highest BCUT2D eigenvalue weighted by Gasteiger charge is 2.17. The first-order valence-electron chi connectivity index (χ1n) is 9.48. The third-order valence-electron chi connectivity index (χ3n) is 4.44. The zero-order valence-corrected chi connectivity index (χ0v) is 16.7. The number of nitrogens with one attached hydrogen (secondary N) is 1. The Kier molecular flexibility index (Phi) is 6.08. The van der Waals surface area contributed by atoms with Crippen LogP contribution in [-0.4, -0.2) is 44.5 Å². The molecule has 0 bridgehead atoms. The molecule has 0 aliphatic rings. The molecule has 1 amide bonds. The Morgan fingerprint density at radius 3 is 2.87 bits per heavy atom. The Morgan fingerprint density at radius 1 is 1.23 bits per heavy atom. The number of methoxy groups -OCH3 is 1. The molecule has 0 aliphatic carbocycles. The average molecular weight is 422 g/mol. The number of carbonyl (C=O) groups is 1. The van der Waals surface area contributed by atoms with Crippen molar-refractivity contribution in [3.8, 4) is 22.9 Å². The quantitative estimate of drug-likeness (QED) is 0.465. The van der Waals surface area contributed by atoms with Gasteiger partial charge in [0, 0.05) is 24.9 Å². The molecule has 1 aromatic carbocycles. The van der Waals surface area contributed by atoms with Crippen LogP contribution >= 0.6 is 0 Å². The van der Waals surface area contributed by atoms with Gasteiger partial charge in [-0.05, 0) is 18.2 Å². The van der Waals surface area contributed by atoms with Gasteiger partial charge in [-0.1, -0.05) is 23.4 Å². The Morgan fingerprint density at radius 2 is 2.10 bits per heavy atom. The zero-order valence-electron chi connectivity index (χ0n) is 16.7. The van der Waals surface area contributed by atoms with E-state index in [1.165, 1.54) is 25.6 Å². The molecule has 158 valence electrons. The second-order valence-electron chi connectivity index (χ2n) is 6.61. The number of halogens is 1. The highest BCUT2D eigenvalue weighted by Crippen LogP contribution is 2.25. The lowest BCUT2D eigenvalue weighted by atomic mass is 10.2. The van der Waals surface area contributed by atoms with Gasteiger partial charge in [-0.3, -0.25) is 9.48 Å². The Labute approximate surface area is 176 Å². The molecule has 0 unspecified atom stereocenters. The van der Waals surface area contributed by atoms with E-state index in [4.69, 9.17) is 9.26 Å². The number of aromatic nitrogens is 5. The summed E-state index contributed by atoms with van der Waals surface area (Å²) >= 11 is 0. The molecule has 3 heterocycles. The second kappa shape index (κ2) is 9.26. The van der Waals surface area contributed by atoms with Gasteiger partial charge in [0.2, 0.25) is 5.91 Å². The summed E-state index contributed by atoms with van der Waals surface area (Å²) in [5.41, 5.74) is 2.08. The Hall–Kier alpha value is -3.92. The minimum Gasteiger partial charge on any atom is -0.384 e. The first-order valence-corrected chi connectivity index (χ1v) is 9.48. The maximum absolute atomic E-state index is 14.2. The van der Waals surface area contributed by atoms with Crippen molar-refractivity contribution in [2.45, 2.75) is 13.0 Å². The van der Waals surface area contributed by atoms with Gasteiger partial charge in [0.1, 0.15) is 29.3 Å². The number of hydrogen-bond acceptors (Lipinski definition) is 7. The third-order valence-corrected chi connectivity index (χ3v) is 4.44. The predicted molar refractivity (Wildman–Crippen MR) is 109 cm³/mol. The monoisotopic (exact) mass is 422 g/mol. The van der Waals surface area contributed by atoms with Crippen molar-refractivity contribution in [2.24, 2.45) is 0 Å². The van der Waals surface area contributed by atoms with E-state index in [1.807, 2.05) is 0 Å². The number of amides is 1. The van der Waals surface area contributed by atoms with Crippen LogP contribution in [0.2, 0.25) is 0 Å². The van der Waals surface area contributed by atoms with Crippen LogP contribution in [0.5, 0.6) is 0 Å². The smallest absolute Gasteiger partial charge is 0.227 e. The molecule has 0 saturated carbocycles. The van der Waals surface area contributed by atoms with E-state index in [2.05, 4.69) is 25.5 Å². The molecular weight excluding hydrogens is 403 g/mol. The van der Waals surface area contributed by atoms with Gasteiger partial charge in [0.05, 0.1) is 25.3 Å². The summed E-state index contributed by atoms with van der Waals surface area (Å²) in [7, 11) is 1.53. The zero-order chi connectivity index (χ0) is 21.6. The van der Waals surface area contributed by atoms with Gasteiger partial charge in [-0.25, -0.2) is 14.4 Å². The number of rotatable bonds is 8. The van der Waals surface area contributed by atoms with E-state index in [9.17, 15) is 9.18 Å². The van der Waals surface area contributed by atoms with Gasteiger partial charge in [0.25, 0.3) is 0 Å². The fourth-order valence-electron chi connectivity index (χ4n) is 2.94. The van der Waals surface area contributed by atoms with Crippen molar-refractivity contribution >= 4 is 11.7 Å². The van der Waals surface area contributed by atoms with Crippen molar-refractivity contribution in [1.29, 1.82) is 0 Å². The van der Waals surface area contributed by atoms with Gasteiger partial charge in [-0.2, -0.15) is 5.10 Å². The lowest BCUT2D eigenvalue weighted by Crippen LogP contribution is -2.14. The van der Waals surface area contributed by atoms with Crippen molar-refractivity contribution < 1.29 is 18.4 Å². The predicted octanol–water partition coefficient (Wildman–Crippen LogP) is 3.16. The normalized spacial score (nSPS) is 10.9. The largest absolute Gasteiger partial charge is 0.384 e. The summed E-state index contributed by atoms with van der Waals surface area (Å²) in [6.07, 6.45) is 3.19. The SMILES string of the molecule is COCCC(=O)Nc1ccnc(-c2cc(-c3ccon3)n(Cc3ccccc3F)n2)n1. The van der Waals surface area contributed by atoms with Crippen LogP contribution in [-0.2, 0) is 16.1 Å². The molecular formula is C21H19FN6O3. The number of nitrogens with zero attached hydrogens (tertiary/aromatic N) is 5. The summed E-state index contributed by atoms with van der Waals surface area (Å²) in [6.45, 7) is 0.494. The molecule has 0 radical (unpaired) electrons. The van der Waals surface area contributed by atoms with Crippen LogP contribution in [0, 0.1) is 5.82 Å². The number of ether oxygens (including phenoxy) is 1. The molecule has 0 atom stereocenters. The van der Waals surface area contributed by atoms with Crippen LogP contribution in [0.15, 0.2) is 59.4 Å². The van der Waals surface area contributed by atoms with Gasteiger partial charge < -0.3 is 14.6 Å². The van der Waals surface area contributed by atoms with Gasteiger partial charge in [-0.15, -0.1) is 0 Å². The van der Waals surface area contributed by atoms with Crippen molar-refractivity contribution in [1.82, 2.24) is 24.9 Å². The summed E-state index contributed by atoms with van der Waals surface area (Å²) < 4.78 is 25.7. The third kappa shape index (κ3) is 4.81. The van der Waals surface area contributed by atoms with Crippen LogP contribution in [0.1, 0.15) is 12.0 Å². The molecule has 31 heavy (non-hydrogen) atoms. The molecule has 0 fully saturated rings. The fourth-order valence-corrected chi connectivity index (χ4v) is 2.94. The minimum atomic E-state index is -0.331. The lowest BCUT2D eigenvalue weighted by molar-refractivity contribution is -0.117. The Balaban J connectivity index is 1.66. The first kappa shape index (κ1) is 20.4. The van der Waals surface area contributed by atoms with E-state index >= 15 is 0 Å². The van der Waals surface area contributed by atoms with Crippen LogP contribution < -0.4 is 5.32 Å². The van der Waals surface area contributed by atoms with Crippen LogP contribution in [0.3, 0.4) is 0 Å². The first-order chi connectivity index (χ1) is 15.1. The topological polar surface area (TPSA) is 108 Å². The van der Waals surface area contributed by atoms with E-state index < -0.39 is 0 Å². The summed E-state index contributed by atoms with van der Waals surface area (Å²) in [5, 5.41) is 11.2. The van der Waals surface area contributed by atoms with Crippen LogP contribution in [0.4, 0.5) is 10.2 Å². The maximum Gasteiger partial charge on any atom is 0.227 e. The molecule has 0 saturated heterocycles. The molecule has 3 aromatic heterocycles. The van der Waals surface area contributed by atoms with Gasteiger partial charge in [0.15, 0.2) is 5.82 Å². The van der Waals surface area contributed by atoms with E-state index in [-0.39, 0.29) is 24.7 Å². The second-order valence-corrected chi connectivity index (χ2v) is 6.61.